The molecule has 0 spiro atoms. The summed E-state index contributed by atoms with van der Waals surface area (Å²) in [6, 6.07) is 8.41. The molecule has 0 radical (unpaired) electrons. The summed E-state index contributed by atoms with van der Waals surface area (Å²) in [7, 11) is 1.57. The number of ether oxygens (including phenoxy) is 1. The van der Waals surface area contributed by atoms with E-state index in [9.17, 15) is 4.39 Å². The van der Waals surface area contributed by atoms with Gasteiger partial charge in [0.2, 0.25) is 0 Å². The summed E-state index contributed by atoms with van der Waals surface area (Å²) < 4.78 is 19.5. The van der Waals surface area contributed by atoms with Gasteiger partial charge in [0.15, 0.2) is 11.6 Å². The summed E-state index contributed by atoms with van der Waals surface area (Å²) in [5.41, 5.74) is 0.567. The van der Waals surface area contributed by atoms with Crippen LogP contribution in [0.1, 0.15) is 5.56 Å². The first-order valence-corrected chi connectivity index (χ1v) is 6.17. The predicted octanol–water partition coefficient (Wildman–Crippen LogP) is 3.60. The number of halogens is 2. The van der Waals surface area contributed by atoms with Crippen LogP contribution in [0.5, 0.6) is 5.75 Å². The first kappa shape index (κ1) is 12.8. The van der Waals surface area contributed by atoms with E-state index in [1.807, 2.05) is 0 Å². The van der Waals surface area contributed by atoms with E-state index in [1.54, 1.807) is 37.6 Å². The zero-order valence-electron chi connectivity index (χ0n) is 9.78. The van der Waals surface area contributed by atoms with Crippen molar-refractivity contribution < 1.29 is 9.13 Å². The highest BCUT2D eigenvalue weighted by Crippen LogP contribution is 2.22. The second kappa shape index (κ2) is 5.82. The highest BCUT2D eigenvalue weighted by Gasteiger charge is 2.06. The van der Waals surface area contributed by atoms with E-state index in [2.05, 4.69) is 26.2 Å². The van der Waals surface area contributed by atoms with E-state index in [-0.39, 0.29) is 5.82 Å². The molecule has 0 saturated heterocycles. The van der Waals surface area contributed by atoms with Crippen molar-refractivity contribution in [3.8, 4) is 5.75 Å². The number of hydrogen-bond donors (Lipinski definition) is 1. The fourth-order valence-electron chi connectivity index (χ4n) is 1.55. The number of aromatic nitrogens is 1. The number of rotatable bonds is 4. The third-order valence-corrected chi connectivity index (χ3v) is 2.94. The Balaban J connectivity index is 2.14. The monoisotopic (exact) mass is 310 g/mol. The van der Waals surface area contributed by atoms with Crippen LogP contribution in [0.3, 0.4) is 0 Å². The van der Waals surface area contributed by atoms with Crippen molar-refractivity contribution in [3.05, 3.63) is 52.4 Å². The predicted molar refractivity (Wildman–Crippen MR) is 72.2 cm³/mol. The van der Waals surface area contributed by atoms with Gasteiger partial charge in [-0.05, 0) is 30.3 Å². The van der Waals surface area contributed by atoms with Gasteiger partial charge >= 0.3 is 0 Å². The molecule has 0 saturated carbocycles. The molecule has 0 aliphatic rings. The smallest absolute Gasteiger partial charge is 0.169 e. The highest BCUT2D eigenvalue weighted by molar-refractivity contribution is 9.10. The van der Waals surface area contributed by atoms with Crippen molar-refractivity contribution in [1.82, 2.24) is 4.98 Å². The van der Waals surface area contributed by atoms with Crippen molar-refractivity contribution in [1.29, 1.82) is 0 Å². The van der Waals surface area contributed by atoms with Crippen molar-refractivity contribution in [3.63, 3.8) is 0 Å². The molecular weight excluding hydrogens is 299 g/mol. The van der Waals surface area contributed by atoms with Gasteiger partial charge in [-0.2, -0.15) is 0 Å². The van der Waals surface area contributed by atoms with E-state index < -0.39 is 0 Å². The largest absolute Gasteiger partial charge is 0.493 e. The lowest BCUT2D eigenvalue weighted by Gasteiger charge is -2.10. The minimum atomic E-state index is -0.249. The van der Waals surface area contributed by atoms with E-state index in [0.29, 0.717) is 23.7 Å². The molecule has 5 heteroatoms. The summed E-state index contributed by atoms with van der Waals surface area (Å²) in [4.78, 5) is 4.15. The van der Waals surface area contributed by atoms with Crippen LogP contribution in [-0.2, 0) is 6.54 Å². The fraction of sp³-hybridized carbons (Fsp3) is 0.154. The number of hydrogen-bond acceptors (Lipinski definition) is 3. The third kappa shape index (κ3) is 2.98. The Morgan fingerprint density at radius 1 is 1.39 bits per heavy atom. The van der Waals surface area contributed by atoms with Crippen LogP contribution >= 0.6 is 15.9 Å². The van der Waals surface area contributed by atoms with Gasteiger partial charge in [0.25, 0.3) is 0 Å². The Hall–Kier alpha value is -1.62. The zero-order valence-corrected chi connectivity index (χ0v) is 11.4. The van der Waals surface area contributed by atoms with Gasteiger partial charge in [-0.25, -0.2) is 9.37 Å². The van der Waals surface area contributed by atoms with Gasteiger partial charge in [-0.1, -0.05) is 15.9 Å². The molecule has 2 rings (SSSR count). The summed E-state index contributed by atoms with van der Waals surface area (Å²) in [6.07, 6.45) is 1.65. The van der Waals surface area contributed by atoms with Crippen LogP contribution in [0.2, 0.25) is 0 Å². The van der Waals surface area contributed by atoms with Crippen LogP contribution in [-0.4, -0.2) is 12.1 Å². The second-order valence-corrected chi connectivity index (χ2v) is 4.56. The lowest BCUT2D eigenvalue weighted by Crippen LogP contribution is -2.04. The molecule has 1 aromatic heterocycles. The standard InChI is InChI=1S/C13H12BrFN2O/c1-18-12-3-2-6-16-13(12)17-8-9-7-10(14)4-5-11(9)15/h2-7H,8H2,1H3,(H,16,17). The number of anilines is 1. The van der Waals surface area contributed by atoms with Gasteiger partial charge in [-0.3, -0.25) is 0 Å². The zero-order chi connectivity index (χ0) is 13.0. The van der Waals surface area contributed by atoms with E-state index in [1.165, 1.54) is 6.07 Å². The maximum atomic E-state index is 13.5. The number of methoxy groups -OCH3 is 1. The average molecular weight is 311 g/mol. The Bertz CT molecular complexity index is 548. The van der Waals surface area contributed by atoms with Crippen LogP contribution in [0.25, 0.3) is 0 Å². The maximum Gasteiger partial charge on any atom is 0.169 e. The molecule has 1 heterocycles. The Morgan fingerprint density at radius 2 is 2.22 bits per heavy atom. The number of pyridine rings is 1. The van der Waals surface area contributed by atoms with E-state index >= 15 is 0 Å². The minimum Gasteiger partial charge on any atom is -0.493 e. The van der Waals surface area contributed by atoms with E-state index in [4.69, 9.17) is 4.74 Å². The van der Waals surface area contributed by atoms with Crippen LogP contribution in [0, 0.1) is 5.82 Å². The van der Waals surface area contributed by atoms with Gasteiger partial charge in [0.05, 0.1) is 7.11 Å². The summed E-state index contributed by atoms with van der Waals surface area (Å²) in [5.74, 6) is 0.980. The Kier molecular flexibility index (Phi) is 4.15. The Labute approximate surface area is 113 Å². The minimum absolute atomic E-state index is 0.249. The number of benzene rings is 1. The van der Waals surface area contributed by atoms with E-state index in [0.717, 1.165) is 4.47 Å². The first-order valence-electron chi connectivity index (χ1n) is 5.37. The average Bonchev–Trinajstić information content (AvgIpc) is 2.40. The first-order chi connectivity index (χ1) is 8.70. The molecule has 1 N–H and O–H groups in total. The molecule has 0 aliphatic heterocycles. The molecule has 0 unspecified atom stereocenters. The fourth-order valence-corrected chi connectivity index (χ4v) is 1.95. The molecule has 0 amide bonds. The van der Waals surface area contributed by atoms with Crippen LogP contribution < -0.4 is 10.1 Å². The van der Waals surface area contributed by atoms with Crippen molar-refractivity contribution in [2.24, 2.45) is 0 Å². The topological polar surface area (TPSA) is 34.1 Å². The summed E-state index contributed by atoms with van der Waals surface area (Å²) in [5, 5.41) is 3.05. The van der Waals surface area contributed by atoms with Crippen molar-refractivity contribution in [2.45, 2.75) is 6.54 Å². The maximum absolute atomic E-state index is 13.5. The molecule has 0 aliphatic carbocycles. The SMILES string of the molecule is COc1cccnc1NCc1cc(Br)ccc1F. The van der Waals surface area contributed by atoms with Crippen LogP contribution in [0.15, 0.2) is 41.0 Å². The van der Waals surface area contributed by atoms with Gasteiger partial charge in [0.1, 0.15) is 5.82 Å². The lowest BCUT2D eigenvalue weighted by molar-refractivity contribution is 0.414. The summed E-state index contributed by atoms with van der Waals surface area (Å²) >= 11 is 3.32. The normalized spacial score (nSPS) is 10.2. The molecule has 94 valence electrons. The van der Waals surface area contributed by atoms with Crippen LogP contribution in [0.4, 0.5) is 10.2 Å². The molecule has 18 heavy (non-hydrogen) atoms. The molecule has 0 atom stereocenters. The molecule has 1 aromatic carbocycles. The number of nitrogens with one attached hydrogen (secondary N) is 1. The lowest BCUT2D eigenvalue weighted by atomic mass is 10.2. The quantitative estimate of drug-likeness (QED) is 0.937. The highest BCUT2D eigenvalue weighted by atomic mass is 79.9. The second-order valence-electron chi connectivity index (χ2n) is 3.64. The summed E-state index contributed by atoms with van der Waals surface area (Å²) in [6.45, 7) is 0.346. The molecule has 2 aromatic rings. The Morgan fingerprint density at radius 3 is 3.00 bits per heavy atom. The van der Waals surface area contributed by atoms with Gasteiger partial charge in [0, 0.05) is 22.8 Å². The van der Waals surface area contributed by atoms with Crippen molar-refractivity contribution >= 4 is 21.7 Å². The molecule has 0 fully saturated rings. The van der Waals surface area contributed by atoms with Gasteiger partial charge in [-0.15, -0.1) is 0 Å². The van der Waals surface area contributed by atoms with Gasteiger partial charge < -0.3 is 10.1 Å². The molecule has 3 nitrogen and oxygen atoms in total. The van der Waals surface area contributed by atoms with Crippen molar-refractivity contribution in [2.75, 3.05) is 12.4 Å². The third-order valence-electron chi connectivity index (χ3n) is 2.44. The number of nitrogens with zero attached hydrogens (tertiary/aromatic N) is 1. The molecular formula is C13H12BrFN2O. The molecule has 0 bridgehead atoms.